The minimum Gasteiger partial charge on any atom is -0.501 e. The molecule has 0 aliphatic carbocycles. The molecule has 0 aliphatic rings. The van der Waals surface area contributed by atoms with Crippen molar-refractivity contribution >= 4 is 33.7 Å². The minimum absolute atomic E-state index is 0.136. The molecule has 26 heavy (non-hydrogen) atoms. The number of hydrogen-bond donors (Lipinski definition) is 2. The van der Waals surface area contributed by atoms with Crippen LogP contribution in [0, 0.1) is 10.1 Å². The molecule has 2 aromatic carbocycles. The SMILES string of the molecule is COc1cc(OC)cc(C(=O)N/N=C/c2cc(Br)c(O)c([N+](=O)[O-])c2)c1. The summed E-state index contributed by atoms with van der Waals surface area (Å²) in [7, 11) is 2.92. The van der Waals surface area contributed by atoms with Crippen LogP contribution in [0.3, 0.4) is 0 Å². The van der Waals surface area contributed by atoms with Crippen molar-refractivity contribution in [2.24, 2.45) is 5.10 Å². The van der Waals surface area contributed by atoms with Gasteiger partial charge in [0.25, 0.3) is 5.91 Å². The number of carbonyl (C=O) groups is 1. The molecule has 9 nitrogen and oxygen atoms in total. The van der Waals surface area contributed by atoms with Crippen molar-refractivity contribution in [2.45, 2.75) is 0 Å². The predicted molar refractivity (Wildman–Crippen MR) is 97.1 cm³/mol. The van der Waals surface area contributed by atoms with Crippen LogP contribution < -0.4 is 14.9 Å². The summed E-state index contributed by atoms with van der Waals surface area (Å²) in [5.41, 5.74) is 2.39. The van der Waals surface area contributed by atoms with Gasteiger partial charge in [0.15, 0.2) is 0 Å². The highest BCUT2D eigenvalue weighted by molar-refractivity contribution is 9.10. The van der Waals surface area contributed by atoms with Gasteiger partial charge in [-0.15, -0.1) is 0 Å². The van der Waals surface area contributed by atoms with Crippen molar-refractivity contribution in [3.05, 3.63) is 56.0 Å². The Labute approximate surface area is 156 Å². The second-order valence-corrected chi connectivity index (χ2v) is 5.78. The van der Waals surface area contributed by atoms with E-state index in [2.05, 4.69) is 26.5 Å². The van der Waals surface area contributed by atoms with Crippen LogP contribution in [0.25, 0.3) is 0 Å². The number of nitrogens with one attached hydrogen (secondary N) is 1. The molecule has 136 valence electrons. The molecule has 0 aromatic heterocycles. The number of carbonyl (C=O) groups excluding carboxylic acids is 1. The van der Waals surface area contributed by atoms with Crippen LogP contribution in [0.4, 0.5) is 5.69 Å². The summed E-state index contributed by atoms with van der Waals surface area (Å²) in [6.45, 7) is 0. The summed E-state index contributed by atoms with van der Waals surface area (Å²) < 4.78 is 10.3. The third-order valence-electron chi connectivity index (χ3n) is 3.26. The number of benzene rings is 2. The maximum atomic E-state index is 12.2. The number of hydrazone groups is 1. The lowest BCUT2D eigenvalue weighted by molar-refractivity contribution is -0.386. The predicted octanol–water partition coefficient (Wildman–Crippen LogP) is 2.84. The average Bonchev–Trinajstić information content (AvgIpc) is 2.63. The van der Waals surface area contributed by atoms with E-state index in [9.17, 15) is 20.0 Å². The first-order valence-corrected chi connectivity index (χ1v) is 7.88. The van der Waals surface area contributed by atoms with E-state index in [1.165, 1.54) is 38.6 Å². The number of methoxy groups -OCH3 is 2. The van der Waals surface area contributed by atoms with Gasteiger partial charge in [-0.1, -0.05) is 0 Å². The number of nitro benzene ring substituents is 1. The fraction of sp³-hybridized carbons (Fsp3) is 0.125. The van der Waals surface area contributed by atoms with Crippen LogP contribution in [-0.4, -0.2) is 36.4 Å². The number of phenols is 1. The van der Waals surface area contributed by atoms with Gasteiger partial charge in [-0.3, -0.25) is 14.9 Å². The molecular weight excluding hydrogens is 410 g/mol. The highest BCUT2D eigenvalue weighted by Crippen LogP contribution is 2.34. The molecule has 0 fully saturated rings. The Morgan fingerprint density at radius 3 is 2.38 bits per heavy atom. The number of nitrogens with zero attached hydrogens (tertiary/aromatic N) is 2. The van der Waals surface area contributed by atoms with Gasteiger partial charge in [0, 0.05) is 23.3 Å². The first-order valence-electron chi connectivity index (χ1n) is 7.09. The maximum absolute atomic E-state index is 12.2. The lowest BCUT2D eigenvalue weighted by Gasteiger charge is -2.07. The summed E-state index contributed by atoms with van der Waals surface area (Å²) in [6, 6.07) is 7.19. The zero-order chi connectivity index (χ0) is 19.3. The van der Waals surface area contributed by atoms with Crippen LogP contribution >= 0.6 is 15.9 Å². The van der Waals surface area contributed by atoms with Gasteiger partial charge in [-0.05, 0) is 34.1 Å². The van der Waals surface area contributed by atoms with Gasteiger partial charge in [0.1, 0.15) is 11.5 Å². The second-order valence-electron chi connectivity index (χ2n) is 4.93. The Morgan fingerprint density at radius 1 is 1.23 bits per heavy atom. The van der Waals surface area contributed by atoms with Crippen LogP contribution in [-0.2, 0) is 0 Å². The zero-order valence-electron chi connectivity index (χ0n) is 13.7. The van der Waals surface area contributed by atoms with E-state index in [0.29, 0.717) is 17.1 Å². The standard InChI is InChI=1S/C16H14BrN3O6/c1-25-11-5-10(6-12(7-11)26-2)16(22)19-18-8-9-3-13(17)15(21)14(4-9)20(23)24/h3-8,21H,1-2H3,(H,19,22)/b18-8+. The molecule has 10 heteroatoms. The number of hydrogen-bond acceptors (Lipinski definition) is 7. The number of halogens is 1. The number of phenolic OH excluding ortho intramolecular Hbond substituents is 1. The van der Waals surface area contributed by atoms with Crippen LogP contribution in [0.1, 0.15) is 15.9 Å². The average molecular weight is 424 g/mol. The molecule has 0 atom stereocenters. The Kier molecular flexibility index (Phi) is 6.12. The highest BCUT2D eigenvalue weighted by atomic mass is 79.9. The second kappa shape index (κ2) is 8.30. The van der Waals surface area contributed by atoms with E-state index < -0.39 is 22.3 Å². The monoisotopic (exact) mass is 423 g/mol. The first kappa shape index (κ1) is 19.2. The topological polar surface area (TPSA) is 123 Å². The number of aromatic hydroxyl groups is 1. The van der Waals surface area contributed by atoms with Crippen molar-refractivity contribution in [3.8, 4) is 17.2 Å². The van der Waals surface area contributed by atoms with Gasteiger partial charge in [-0.25, -0.2) is 5.43 Å². The number of nitro groups is 1. The van der Waals surface area contributed by atoms with E-state index in [0.717, 1.165) is 6.07 Å². The molecule has 0 heterocycles. The number of rotatable bonds is 6. The van der Waals surface area contributed by atoms with Gasteiger partial charge in [0.05, 0.1) is 29.8 Å². The van der Waals surface area contributed by atoms with Crippen LogP contribution in [0.2, 0.25) is 0 Å². The molecule has 0 saturated heterocycles. The molecule has 0 bridgehead atoms. The van der Waals surface area contributed by atoms with Crippen molar-refractivity contribution in [1.82, 2.24) is 5.43 Å². The summed E-state index contributed by atoms with van der Waals surface area (Å²) >= 11 is 3.02. The maximum Gasteiger partial charge on any atom is 0.312 e. The van der Waals surface area contributed by atoms with Gasteiger partial charge >= 0.3 is 5.69 Å². The fourth-order valence-corrected chi connectivity index (χ4v) is 2.45. The lowest BCUT2D eigenvalue weighted by atomic mass is 10.2. The van der Waals surface area contributed by atoms with Crippen LogP contribution in [0.5, 0.6) is 17.2 Å². The molecule has 2 rings (SSSR count). The van der Waals surface area contributed by atoms with Gasteiger partial charge in [-0.2, -0.15) is 5.10 Å². The van der Waals surface area contributed by atoms with Crippen molar-refractivity contribution in [3.63, 3.8) is 0 Å². The quantitative estimate of drug-likeness (QED) is 0.418. The van der Waals surface area contributed by atoms with Crippen molar-refractivity contribution in [1.29, 1.82) is 0 Å². The Balaban J connectivity index is 2.18. The number of amides is 1. The molecule has 0 radical (unpaired) electrons. The Bertz CT molecular complexity index is 862. The fourth-order valence-electron chi connectivity index (χ4n) is 1.99. The molecule has 0 aliphatic heterocycles. The lowest BCUT2D eigenvalue weighted by Crippen LogP contribution is -2.17. The van der Waals surface area contributed by atoms with Crippen LogP contribution in [0.15, 0.2) is 39.9 Å². The van der Waals surface area contributed by atoms with E-state index in [4.69, 9.17) is 9.47 Å². The third-order valence-corrected chi connectivity index (χ3v) is 3.86. The molecule has 0 spiro atoms. The van der Waals surface area contributed by atoms with Gasteiger partial charge in [0.2, 0.25) is 5.75 Å². The van der Waals surface area contributed by atoms with Crippen molar-refractivity contribution < 1.29 is 24.3 Å². The minimum atomic E-state index is -0.724. The summed E-state index contributed by atoms with van der Waals surface area (Å²) in [5.74, 6) is -0.126. The normalized spacial score (nSPS) is 10.6. The highest BCUT2D eigenvalue weighted by Gasteiger charge is 2.17. The zero-order valence-corrected chi connectivity index (χ0v) is 15.3. The Morgan fingerprint density at radius 2 is 1.85 bits per heavy atom. The molecule has 0 saturated carbocycles. The largest absolute Gasteiger partial charge is 0.501 e. The third kappa shape index (κ3) is 4.48. The Hall–Kier alpha value is -3.14. The first-order chi connectivity index (χ1) is 12.3. The molecule has 1 amide bonds. The van der Waals surface area contributed by atoms with Crippen molar-refractivity contribution in [2.75, 3.05) is 14.2 Å². The van der Waals surface area contributed by atoms with Gasteiger partial charge < -0.3 is 14.6 Å². The van der Waals surface area contributed by atoms with E-state index in [1.54, 1.807) is 6.07 Å². The summed E-state index contributed by atoms with van der Waals surface area (Å²) in [5, 5.41) is 24.3. The number of ether oxygens (including phenoxy) is 2. The summed E-state index contributed by atoms with van der Waals surface area (Å²) in [4.78, 5) is 22.4. The molecule has 2 aromatic rings. The van der Waals surface area contributed by atoms with E-state index in [1.807, 2.05) is 0 Å². The summed E-state index contributed by atoms with van der Waals surface area (Å²) in [6.07, 6.45) is 1.21. The van der Waals surface area contributed by atoms with E-state index in [-0.39, 0.29) is 10.0 Å². The molecule has 0 unspecified atom stereocenters. The molecular formula is C16H14BrN3O6. The smallest absolute Gasteiger partial charge is 0.312 e. The molecule has 2 N–H and O–H groups in total. The van der Waals surface area contributed by atoms with E-state index >= 15 is 0 Å².